The number of sulfone groups is 1. The second-order valence-electron chi connectivity index (χ2n) is 9.13. The van der Waals surface area contributed by atoms with E-state index in [0.29, 0.717) is 56.2 Å². The Morgan fingerprint density at radius 2 is 1.91 bits per heavy atom. The molecule has 0 radical (unpaired) electrons. The molecular weight excluding hydrogens is 470 g/mol. The van der Waals surface area contributed by atoms with E-state index in [9.17, 15) is 13.2 Å². The van der Waals surface area contributed by atoms with Crippen molar-refractivity contribution < 1.29 is 22.7 Å². The molecule has 0 bridgehead atoms. The molecule has 1 amide bonds. The van der Waals surface area contributed by atoms with Crippen molar-refractivity contribution in [3.8, 4) is 0 Å². The number of aromatic nitrogens is 3. The molecule has 0 spiro atoms. The number of nitrogens with two attached hydrogens (primary N) is 1. The summed E-state index contributed by atoms with van der Waals surface area (Å²) >= 11 is 0. The predicted molar refractivity (Wildman–Crippen MR) is 135 cm³/mol. The fourth-order valence-corrected chi connectivity index (χ4v) is 5.04. The second-order valence-corrected chi connectivity index (χ2v) is 11.4. The van der Waals surface area contributed by atoms with E-state index in [-0.39, 0.29) is 24.9 Å². The summed E-state index contributed by atoms with van der Waals surface area (Å²) in [6, 6.07) is 7.76. The molecule has 2 aromatic heterocycles. The number of fused-ring (bicyclic) bond motifs is 3. The lowest BCUT2D eigenvalue weighted by molar-refractivity contribution is -0.137. The summed E-state index contributed by atoms with van der Waals surface area (Å²) in [6.45, 7) is 5.87. The number of imidazole rings is 1. The summed E-state index contributed by atoms with van der Waals surface area (Å²) < 4.78 is 37.7. The Kier molecular flexibility index (Phi) is 7.30. The highest BCUT2D eigenvalue weighted by molar-refractivity contribution is 7.90. The first-order chi connectivity index (χ1) is 16.6. The van der Waals surface area contributed by atoms with Gasteiger partial charge in [0.05, 0.1) is 35.5 Å². The number of ether oxygens (including phenoxy) is 2. The number of carbonyl (C=O) groups is 1. The zero-order chi connectivity index (χ0) is 25.2. The van der Waals surface area contributed by atoms with Gasteiger partial charge in [0, 0.05) is 38.3 Å². The lowest BCUT2D eigenvalue weighted by Crippen LogP contribution is -2.50. The van der Waals surface area contributed by atoms with Crippen LogP contribution in [0.5, 0.6) is 0 Å². The quantitative estimate of drug-likeness (QED) is 0.470. The van der Waals surface area contributed by atoms with E-state index in [1.807, 2.05) is 31.2 Å². The molecule has 2 N–H and O–H groups in total. The summed E-state index contributed by atoms with van der Waals surface area (Å²) in [4.78, 5) is 23.1. The van der Waals surface area contributed by atoms with Gasteiger partial charge in [0.2, 0.25) is 5.91 Å². The zero-order valence-corrected chi connectivity index (χ0v) is 21.3. The minimum Gasteiger partial charge on any atom is -0.382 e. The van der Waals surface area contributed by atoms with Crippen molar-refractivity contribution >= 4 is 43.5 Å². The van der Waals surface area contributed by atoms with Crippen molar-refractivity contribution in [3.05, 3.63) is 30.1 Å². The van der Waals surface area contributed by atoms with Gasteiger partial charge in [0.15, 0.2) is 5.82 Å². The maximum atomic E-state index is 12.0. The van der Waals surface area contributed by atoms with E-state index in [1.165, 1.54) is 6.26 Å². The molecule has 0 atom stereocenters. The average molecular weight is 504 g/mol. The summed E-state index contributed by atoms with van der Waals surface area (Å²) in [5, 5.41) is 0.916. The van der Waals surface area contributed by atoms with Gasteiger partial charge in [-0.15, -0.1) is 0 Å². The SMILES string of the molecule is CCOCc1nc2c(N)nc3ccccc3c2n1CC1(OCCS(C)(=O)=O)CCN(C(C)=O)CC1. The lowest BCUT2D eigenvalue weighted by atomic mass is 9.90. The molecule has 1 fully saturated rings. The Hall–Kier alpha value is -2.76. The smallest absolute Gasteiger partial charge is 0.219 e. The van der Waals surface area contributed by atoms with Crippen molar-refractivity contribution in [3.63, 3.8) is 0 Å². The van der Waals surface area contributed by atoms with E-state index in [2.05, 4.69) is 9.55 Å². The average Bonchev–Trinajstić information content (AvgIpc) is 3.16. The van der Waals surface area contributed by atoms with E-state index in [4.69, 9.17) is 20.2 Å². The lowest BCUT2D eigenvalue weighted by Gasteiger charge is -2.42. The summed E-state index contributed by atoms with van der Waals surface area (Å²) in [6.07, 6.45) is 2.35. The van der Waals surface area contributed by atoms with Gasteiger partial charge in [0.1, 0.15) is 27.8 Å². The number of carbonyl (C=O) groups excluding carboxylic acids is 1. The number of benzene rings is 1. The largest absolute Gasteiger partial charge is 0.382 e. The third-order valence-electron chi connectivity index (χ3n) is 6.55. The number of anilines is 1. The number of hydrogen-bond donors (Lipinski definition) is 1. The van der Waals surface area contributed by atoms with Crippen LogP contribution in [-0.2, 0) is 37.3 Å². The molecule has 190 valence electrons. The fourth-order valence-electron chi connectivity index (χ4n) is 4.65. The minimum absolute atomic E-state index is 0.0182. The molecule has 0 saturated carbocycles. The van der Waals surface area contributed by atoms with Crippen LogP contribution in [0.25, 0.3) is 21.9 Å². The number of pyridine rings is 1. The number of para-hydroxylation sites is 1. The topological polar surface area (TPSA) is 130 Å². The van der Waals surface area contributed by atoms with Gasteiger partial charge in [-0.3, -0.25) is 4.79 Å². The zero-order valence-electron chi connectivity index (χ0n) is 20.5. The van der Waals surface area contributed by atoms with Crippen molar-refractivity contribution in [2.75, 3.05) is 44.0 Å². The molecule has 1 aliphatic rings. The second kappa shape index (κ2) is 10.1. The normalized spacial score (nSPS) is 16.3. The summed E-state index contributed by atoms with van der Waals surface area (Å²) in [5.41, 5.74) is 7.85. The first-order valence-electron chi connectivity index (χ1n) is 11.8. The van der Waals surface area contributed by atoms with Crippen LogP contribution in [0.2, 0.25) is 0 Å². The number of nitrogens with zero attached hydrogens (tertiary/aromatic N) is 4. The van der Waals surface area contributed by atoms with Crippen molar-refractivity contribution in [1.82, 2.24) is 19.4 Å². The molecule has 0 unspecified atom stereocenters. The Balaban J connectivity index is 1.80. The van der Waals surface area contributed by atoms with Crippen molar-refractivity contribution in [2.24, 2.45) is 0 Å². The monoisotopic (exact) mass is 503 g/mol. The number of hydrogen-bond acceptors (Lipinski definition) is 8. The number of piperidine rings is 1. The fraction of sp³-hybridized carbons (Fsp3) is 0.542. The predicted octanol–water partition coefficient (Wildman–Crippen LogP) is 2.15. The maximum absolute atomic E-state index is 12.0. The number of rotatable bonds is 9. The van der Waals surface area contributed by atoms with Gasteiger partial charge in [-0.25, -0.2) is 18.4 Å². The van der Waals surface area contributed by atoms with Crippen LogP contribution in [0, 0.1) is 0 Å². The van der Waals surface area contributed by atoms with Gasteiger partial charge in [-0.2, -0.15) is 0 Å². The van der Waals surface area contributed by atoms with Gasteiger partial charge >= 0.3 is 0 Å². The molecule has 1 aliphatic heterocycles. The Morgan fingerprint density at radius 1 is 1.20 bits per heavy atom. The van der Waals surface area contributed by atoms with Crippen LogP contribution in [0.1, 0.15) is 32.5 Å². The standard InChI is InChI=1S/C24H33N5O5S/c1-4-33-15-20-27-21-22(18-7-5-6-8-19(18)26-23(21)25)29(20)16-24(34-13-14-35(3,31)32)9-11-28(12-10-24)17(2)30/h5-8H,4,9-16H2,1-3H3,(H2,25,26). The minimum atomic E-state index is -3.18. The Labute approximate surface area is 205 Å². The van der Waals surface area contributed by atoms with Crippen molar-refractivity contribution in [1.29, 1.82) is 0 Å². The number of likely N-dealkylation sites (tertiary alicyclic amines) is 1. The molecule has 4 rings (SSSR count). The highest BCUT2D eigenvalue weighted by Gasteiger charge is 2.38. The summed E-state index contributed by atoms with van der Waals surface area (Å²) in [7, 11) is -3.18. The van der Waals surface area contributed by atoms with Gasteiger partial charge in [-0.1, -0.05) is 18.2 Å². The summed E-state index contributed by atoms with van der Waals surface area (Å²) in [5.74, 6) is 0.992. The van der Waals surface area contributed by atoms with Crippen LogP contribution in [-0.4, -0.2) is 77.7 Å². The van der Waals surface area contributed by atoms with Crippen molar-refractivity contribution in [2.45, 2.75) is 45.4 Å². The third kappa shape index (κ3) is 5.57. The molecule has 1 saturated heterocycles. The molecule has 11 heteroatoms. The van der Waals surface area contributed by atoms with Gasteiger partial charge in [-0.05, 0) is 25.8 Å². The number of nitrogen functional groups attached to an aromatic ring is 1. The highest BCUT2D eigenvalue weighted by Crippen LogP contribution is 2.34. The van der Waals surface area contributed by atoms with Gasteiger partial charge < -0.3 is 24.7 Å². The van der Waals surface area contributed by atoms with Gasteiger partial charge in [0.25, 0.3) is 0 Å². The number of amides is 1. The maximum Gasteiger partial charge on any atom is 0.219 e. The molecule has 1 aromatic carbocycles. The van der Waals surface area contributed by atoms with Crippen LogP contribution < -0.4 is 5.73 Å². The Bertz CT molecular complexity index is 1330. The van der Waals surface area contributed by atoms with Crippen LogP contribution in [0.4, 0.5) is 5.82 Å². The first-order valence-corrected chi connectivity index (χ1v) is 13.9. The van der Waals surface area contributed by atoms with E-state index in [0.717, 1.165) is 16.4 Å². The van der Waals surface area contributed by atoms with E-state index in [1.54, 1.807) is 11.8 Å². The van der Waals surface area contributed by atoms with Crippen LogP contribution >= 0.6 is 0 Å². The molecule has 0 aliphatic carbocycles. The molecule has 3 aromatic rings. The first kappa shape index (κ1) is 25.3. The highest BCUT2D eigenvalue weighted by atomic mass is 32.2. The van der Waals surface area contributed by atoms with E-state index < -0.39 is 15.4 Å². The molecule has 3 heterocycles. The molecule has 35 heavy (non-hydrogen) atoms. The molecule has 10 nitrogen and oxygen atoms in total. The molecular formula is C24H33N5O5S. The van der Waals surface area contributed by atoms with Crippen LogP contribution in [0.15, 0.2) is 24.3 Å². The van der Waals surface area contributed by atoms with E-state index >= 15 is 0 Å². The Morgan fingerprint density at radius 3 is 2.57 bits per heavy atom. The van der Waals surface area contributed by atoms with Crippen LogP contribution in [0.3, 0.4) is 0 Å². The third-order valence-corrected chi connectivity index (χ3v) is 7.46.